The Morgan fingerprint density at radius 1 is 0.833 bits per heavy atom. The quantitative estimate of drug-likeness (QED) is 0.406. The second-order valence-electron chi connectivity index (χ2n) is 7.79. The van der Waals surface area contributed by atoms with Crippen LogP contribution < -0.4 is 10.6 Å². The third-order valence-corrected chi connectivity index (χ3v) is 5.47. The van der Waals surface area contributed by atoms with Crippen molar-refractivity contribution in [1.29, 1.82) is 0 Å². The second-order valence-corrected chi connectivity index (χ2v) is 8.62. The number of pyridine rings is 2. The van der Waals surface area contributed by atoms with Gasteiger partial charge in [-0.1, -0.05) is 55.6 Å². The molecular formula is C25H28N8O2S. The molecule has 36 heavy (non-hydrogen) atoms. The van der Waals surface area contributed by atoms with Gasteiger partial charge in [-0.3, -0.25) is 24.9 Å². The zero-order valence-corrected chi connectivity index (χ0v) is 20.8. The molecule has 0 bridgehead atoms. The van der Waals surface area contributed by atoms with Crippen LogP contribution in [0.2, 0.25) is 0 Å². The predicted octanol–water partition coefficient (Wildman–Crippen LogP) is 4.50. The number of nitrogens with zero attached hydrogens (tertiary/aromatic N) is 6. The predicted molar refractivity (Wildman–Crippen MR) is 139 cm³/mol. The number of carbonyl (C=O) groups excluding carboxylic acids is 2. The van der Waals surface area contributed by atoms with Gasteiger partial charge in [-0.15, -0.1) is 15.3 Å². The Morgan fingerprint density at radius 3 is 2.11 bits per heavy atom. The van der Waals surface area contributed by atoms with Crippen molar-refractivity contribution in [2.45, 2.75) is 45.4 Å². The Kier molecular flexibility index (Phi) is 11.0. The van der Waals surface area contributed by atoms with E-state index in [9.17, 15) is 9.59 Å². The van der Waals surface area contributed by atoms with Crippen molar-refractivity contribution in [2.24, 2.45) is 0 Å². The number of aryl methyl sites for hydroxylation is 1. The van der Waals surface area contributed by atoms with E-state index in [-0.39, 0.29) is 18.2 Å². The molecule has 4 aromatic heterocycles. The van der Waals surface area contributed by atoms with Crippen molar-refractivity contribution < 1.29 is 9.59 Å². The molecule has 0 atom stereocenters. The molecule has 10 nitrogen and oxygen atoms in total. The van der Waals surface area contributed by atoms with Crippen LogP contribution in [-0.4, -0.2) is 42.2 Å². The number of hydrogen-bond acceptors (Lipinski definition) is 9. The van der Waals surface area contributed by atoms with Gasteiger partial charge in [0.05, 0.1) is 12.1 Å². The maximum atomic E-state index is 11.6. The third-order valence-electron chi connectivity index (χ3n) is 4.86. The molecule has 0 saturated heterocycles. The molecule has 11 heteroatoms. The van der Waals surface area contributed by atoms with E-state index in [1.54, 1.807) is 54.3 Å². The van der Waals surface area contributed by atoms with Gasteiger partial charge >= 0.3 is 0 Å². The highest BCUT2D eigenvalue weighted by atomic mass is 32.1. The maximum absolute atomic E-state index is 11.6. The Morgan fingerprint density at radius 2 is 1.56 bits per heavy atom. The highest BCUT2D eigenvalue weighted by Gasteiger charge is 2.08. The van der Waals surface area contributed by atoms with Crippen LogP contribution >= 0.6 is 11.3 Å². The maximum Gasteiger partial charge on any atom is 0.276 e. The summed E-state index contributed by atoms with van der Waals surface area (Å²) < 4.78 is 0. The molecule has 0 aromatic carbocycles. The van der Waals surface area contributed by atoms with Gasteiger partial charge in [0.1, 0.15) is 11.2 Å². The summed E-state index contributed by atoms with van der Waals surface area (Å²) in [5.41, 5.74) is 3.45. The van der Waals surface area contributed by atoms with Crippen LogP contribution in [0.3, 0.4) is 0 Å². The Hall–Kier alpha value is -4.12. The van der Waals surface area contributed by atoms with Crippen molar-refractivity contribution in [3.63, 3.8) is 0 Å². The van der Waals surface area contributed by atoms with Gasteiger partial charge in [0, 0.05) is 18.1 Å². The average molecular weight is 505 g/mol. The molecule has 1 aliphatic rings. The number of aromatic nitrogens is 6. The van der Waals surface area contributed by atoms with Gasteiger partial charge in [-0.25, -0.2) is 0 Å². The largest absolute Gasteiger partial charge is 0.309 e. The van der Waals surface area contributed by atoms with Gasteiger partial charge in [0.25, 0.3) is 5.91 Å². The van der Waals surface area contributed by atoms with Gasteiger partial charge < -0.3 is 5.32 Å². The first-order valence-corrected chi connectivity index (χ1v) is 12.5. The Labute approximate surface area is 213 Å². The summed E-state index contributed by atoms with van der Waals surface area (Å²) in [6, 6.07) is 14.1. The van der Waals surface area contributed by atoms with E-state index in [4.69, 9.17) is 0 Å². The summed E-state index contributed by atoms with van der Waals surface area (Å²) in [5.74, 6) is 0.0285. The molecule has 0 radical (unpaired) electrons. The first-order valence-electron chi connectivity index (χ1n) is 11.6. The summed E-state index contributed by atoms with van der Waals surface area (Å²) >= 11 is 1.26. The molecule has 0 spiro atoms. The van der Waals surface area contributed by atoms with Crippen molar-refractivity contribution in [3.8, 4) is 0 Å². The van der Waals surface area contributed by atoms with Crippen molar-refractivity contribution >= 4 is 34.1 Å². The summed E-state index contributed by atoms with van der Waals surface area (Å²) in [5, 5.41) is 20.7. The highest BCUT2D eigenvalue weighted by Crippen LogP contribution is 2.15. The fourth-order valence-electron chi connectivity index (χ4n) is 3.09. The van der Waals surface area contributed by atoms with Gasteiger partial charge in [0.15, 0.2) is 5.82 Å². The summed E-state index contributed by atoms with van der Waals surface area (Å²) in [7, 11) is 0. The molecule has 2 amide bonds. The van der Waals surface area contributed by atoms with Crippen molar-refractivity contribution in [3.05, 3.63) is 83.5 Å². The first-order chi connectivity index (χ1) is 17.6. The molecule has 0 unspecified atom stereocenters. The van der Waals surface area contributed by atoms with E-state index < -0.39 is 0 Å². The monoisotopic (exact) mass is 504 g/mol. The Balaban J connectivity index is 0.000000170. The SMILES string of the molecule is C1CCCC1.Cc1ccc(NC(=O)Cc2ccccn2)nn1.O=C(Nc1nncs1)c1ccccn1. The minimum Gasteiger partial charge on any atom is -0.309 e. The number of carbonyl (C=O) groups is 2. The topological polar surface area (TPSA) is 136 Å². The summed E-state index contributed by atoms with van der Waals surface area (Å²) in [6.07, 6.45) is 11.0. The van der Waals surface area contributed by atoms with Crippen LogP contribution in [0.5, 0.6) is 0 Å². The molecule has 4 aromatic rings. The van der Waals surface area contributed by atoms with Crippen LogP contribution in [0.4, 0.5) is 10.9 Å². The molecule has 4 heterocycles. The van der Waals surface area contributed by atoms with E-state index in [0.29, 0.717) is 16.6 Å². The number of anilines is 2. The van der Waals surface area contributed by atoms with Gasteiger partial charge in [-0.2, -0.15) is 5.10 Å². The smallest absolute Gasteiger partial charge is 0.276 e. The standard InChI is InChI=1S/C12H12N4O.C8H6N4OS.C5H10/c1-9-5-6-11(16-15-9)14-12(17)8-10-4-2-3-7-13-10;13-7(6-3-1-2-4-9-6)11-8-12-10-5-14-8;1-2-4-5-3-1/h2-7H,8H2,1H3,(H,14,16,17);1-5H,(H,11,12,13);1-5H2. The lowest BCUT2D eigenvalue weighted by Gasteiger charge is -2.03. The van der Waals surface area contributed by atoms with Gasteiger partial charge in [0.2, 0.25) is 11.0 Å². The number of amides is 2. The van der Waals surface area contributed by atoms with E-state index in [1.165, 1.54) is 43.4 Å². The second kappa shape index (κ2) is 15.0. The van der Waals surface area contributed by atoms with Crippen LogP contribution in [0, 0.1) is 6.92 Å². The number of nitrogens with one attached hydrogen (secondary N) is 2. The lowest BCUT2D eigenvalue weighted by molar-refractivity contribution is -0.115. The van der Waals surface area contributed by atoms with Crippen LogP contribution in [0.25, 0.3) is 0 Å². The first kappa shape index (κ1) is 26.5. The number of hydrogen-bond donors (Lipinski definition) is 2. The zero-order chi connectivity index (χ0) is 25.4. The zero-order valence-electron chi connectivity index (χ0n) is 20.0. The normalized spacial score (nSPS) is 11.8. The fraction of sp³-hybridized carbons (Fsp3) is 0.280. The molecule has 1 fully saturated rings. The Bertz CT molecular complexity index is 1160. The van der Waals surface area contributed by atoms with E-state index in [0.717, 1.165) is 11.4 Å². The van der Waals surface area contributed by atoms with E-state index in [2.05, 4.69) is 41.0 Å². The highest BCUT2D eigenvalue weighted by molar-refractivity contribution is 7.13. The van der Waals surface area contributed by atoms with E-state index >= 15 is 0 Å². The summed E-state index contributed by atoms with van der Waals surface area (Å²) in [6.45, 7) is 1.84. The molecular weight excluding hydrogens is 476 g/mol. The van der Waals surface area contributed by atoms with Crippen molar-refractivity contribution in [2.75, 3.05) is 10.6 Å². The molecule has 186 valence electrons. The molecule has 5 rings (SSSR count). The summed E-state index contributed by atoms with van der Waals surface area (Å²) in [4.78, 5) is 31.1. The molecule has 2 N–H and O–H groups in total. The molecule has 1 saturated carbocycles. The van der Waals surface area contributed by atoms with Gasteiger partial charge in [-0.05, 0) is 43.3 Å². The van der Waals surface area contributed by atoms with Crippen LogP contribution in [0.15, 0.2) is 66.4 Å². The average Bonchev–Trinajstić information content (AvgIpc) is 3.65. The van der Waals surface area contributed by atoms with E-state index in [1.807, 2.05) is 19.1 Å². The minimum absolute atomic E-state index is 0.151. The molecule has 0 aliphatic heterocycles. The number of rotatable bonds is 5. The molecule has 1 aliphatic carbocycles. The van der Waals surface area contributed by atoms with Crippen LogP contribution in [-0.2, 0) is 11.2 Å². The third kappa shape index (κ3) is 10.0. The van der Waals surface area contributed by atoms with Crippen molar-refractivity contribution in [1.82, 2.24) is 30.4 Å². The lowest BCUT2D eigenvalue weighted by Crippen LogP contribution is -2.16. The minimum atomic E-state index is -0.276. The lowest BCUT2D eigenvalue weighted by atomic mass is 10.2. The van der Waals surface area contributed by atoms with Crippen LogP contribution in [0.1, 0.15) is 54.0 Å². The fourth-order valence-corrected chi connectivity index (χ4v) is 3.53.